The molecule has 2 N–H and O–H groups in total. The summed E-state index contributed by atoms with van der Waals surface area (Å²) in [6.45, 7) is 2.11. The topological polar surface area (TPSA) is 94.5 Å². The lowest BCUT2D eigenvalue weighted by Gasteiger charge is -2.33. The Balaban J connectivity index is 1.93. The molecule has 0 saturated carbocycles. The van der Waals surface area contributed by atoms with E-state index in [2.05, 4.69) is 0 Å². The number of ketones is 1. The molecule has 2 aromatic carbocycles. The zero-order valence-electron chi connectivity index (χ0n) is 17.5. The summed E-state index contributed by atoms with van der Waals surface area (Å²) in [5, 5.41) is 19.4. The molecular formula is C23H28O7. The van der Waals surface area contributed by atoms with Gasteiger partial charge >= 0.3 is 0 Å². The second-order valence-electron chi connectivity index (χ2n) is 7.12. The number of Topliss-reactive ketones (excluding diaryl/α,β-unsaturated/α-hetero) is 1. The lowest BCUT2D eigenvalue weighted by Crippen LogP contribution is -2.44. The zero-order valence-corrected chi connectivity index (χ0v) is 17.5. The number of rotatable bonds is 8. The first-order valence-electron chi connectivity index (χ1n) is 9.94. The van der Waals surface area contributed by atoms with Gasteiger partial charge in [-0.25, -0.2) is 0 Å². The van der Waals surface area contributed by atoms with Crippen molar-refractivity contribution in [1.82, 2.24) is 0 Å². The van der Waals surface area contributed by atoms with E-state index >= 15 is 0 Å². The normalized spacial score (nSPS) is 21.4. The smallest absolute Gasteiger partial charge is 0.166 e. The molecule has 1 saturated heterocycles. The van der Waals surface area contributed by atoms with Crippen molar-refractivity contribution in [2.24, 2.45) is 0 Å². The first kappa shape index (κ1) is 22.1. The number of hydrogen-bond donors (Lipinski definition) is 2. The maximum absolute atomic E-state index is 12.2. The molecule has 2 aromatic rings. The highest BCUT2D eigenvalue weighted by Crippen LogP contribution is 2.39. The summed E-state index contributed by atoms with van der Waals surface area (Å²) < 4.78 is 22.4. The van der Waals surface area contributed by atoms with Crippen LogP contribution in [0.15, 0.2) is 36.4 Å². The van der Waals surface area contributed by atoms with E-state index in [0.717, 1.165) is 16.9 Å². The molecule has 7 nitrogen and oxygen atoms in total. The van der Waals surface area contributed by atoms with E-state index in [0.29, 0.717) is 30.1 Å². The van der Waals surface area contributed by atoms with Crippen molar-refractivity contribution < 1.29 is 34.0 Å². The van der Waals surface area contributed by atoms with Crippen LogP contribution in [0.25, 0.3) is 0 Å². The molecule has 0 aromatic heterocycles. The molecule has 30 heavy (non-hydrogen) atoms. The van der Waals surface area contributed by atoms with E-state index in [-0.39, 0.29) is 12.2 Å². The number of carbonyl (C=O) groups is 1. The van der Waals surface area contributed by atoms with Gasteiger partial charge in [0.15, 0.2) is 5.78 Å². The number of aliphatic hydroxyl groups excluding tert-OH is 2. The molecule has 0 radical (unpaired) electrons. The Labute approximate surface area is 176 Å². The lowest BCUT2D eigenvalue weighted by molar-refractivity contribution is -0.164. The minimum atomic E-state index is -1.32. The first-order valence-corrected chi connectivity index (χ1v) is 9.94. The largest absolute Gasteiger partial charge is 0.496 e. The minimum absolute atomic E-state index is 0.00283. The van der Waals surface area contributed by atoms with Gasteiger partial charge in [0, 0.05) is 24.5 Å². The molecule has 0 spiro atoms. The Morgan fingerprint density at radius 1 is 1.10 bits per heavy atom. The lowest BCUT2D eigenvalue weighted by atomic mass is 9.92. The van der Waals surface area contributed by atoms with Gasteiger partial charge in [0.25, 0.3) is 0 Å². The molecule has 2 unspecified atom stereocenters. The number of hydrogen-bond acceptors (Lipinski definition) is 7. The quantitative estimate of drug-likeness (QED) is 0.683. The molecule has 1 heterocycles. The zero-order chi connectivity index (χ0) is 21.7. The van der Waals surface area contributed by atoms with Gasteiger partial charge in [0.1, 0.15) is 29.5 Å². The Morgan fingerprint density at radius 3 is 2.40 bits per heavy atom. The molecular weight excluding hydrogens is 388 g/mol. The SMILES string of the molecule is CCOc1ccc(Cc2cc(C3CC(=O)[C@H](O)C(CO)O3)c(OC)cc2OC)cc1. The predicted octanol–water partition coefficient (Wildman–Crippen LogP) is 2.45. The monoisotopic (exact) mass is 416 g/mol. The number of ether oxygens (including phenoxy) is 4. The molecule has 0 amide bonds. The van der Waals surface area contributed by atoms with Crippen LogP contribution >= 0.6 is 0 Å². The van der Waals surface area contributed by atoms with E-state index in [1.807, 2.05) is 37.3 Å². The van der Waals surface area contributed by atoms with Gasteiger partial charge in [-0.3, -0.25) is 4.79 Å². The van der Waals surface area contributed by atoms with E-state index in [1.54, 1.807) is 13.2 Å². The van der Waals surface area contributed by atoms with Crippen molar-refractivity contribution in [3.05, 3.63) is 53.1 Å². The fourth-order valence-corrected chi connectivity index (χ4v) is 3.64. The van der Waals surface area contributed by atoms with Crippen LogP contribution < -0.4 is 14.2 Å². The number of methoxy groups -OCH3 is 2. The Kier molecular flexibility index (Phi) is 7.31. The third kappa shape index (κ3) is 4.75. The van der Waals surface area contributed by atoms with Crippen molar-refractivity contribution in [1.29, 1.82) is 0 Å². The summed E-state index contributed by atoms with van der Waals surface area (Å²) in [5.41, 5.74) is 2.65. The molecule has 1 aliphatic rings. The van der Waals surface area contributed by atoms with Crippen LogP contribution in [0, 0.1) is 0 Å². The van der Waals surface area contributed by atoms with E-state index in [1.165, 1.54) is 7.11 Å². The second-order valence-corrected chi connectivity index (χ2v) is 7.12. The second kappa shape index (κ2) is 9.93. The third-order valence-electron chi connectivity index (χ3n) is 5.20. The Morgan fingerprint density at radius 2 is 1.80 bits per heavy atom. The van der Waals surface area contributed by atoms with Gasteiger partial charge in [0.05, 0.1) is 33.5 Å². The van der Waals surface area contributed by atoms with Crippen molar-refractivity contribution in [2.75, 3.05) is 27.4 Å². The standard InChI is InChI=1S/C23H28O7/c1-4-29-16-7-5-14(6-8-16)9-15-10-17(20(28-3)12-19(15)27-2)21-11-18(25)23(26)22(13-24)30-21/h5-8,10,12,21-24,26H,4,9,11,13H2,1-3H3/t21?,22?,23-/m0/s1. The first-order chi connectivity index (χ1) is 14.5. The summed E-state index contributed by atoms with van der Waals surface area (Å²) in [6.07, 6.45) is -2.31. The predicted molar refractivity (Wildman–Crippen MR) is 110 cm³/mol. The van der Waals surface area contributed by atoms with Crippen LogP contribution in [-0.4, -0.2) is 55.6 Å². The van der Waals surface area contributed by atoms with Crippen LogP contribution in [0.3, 0.4) is 0 Å². The molecule has 3 atom stereocenters. The molecule has 162 valence electrons. The molecule has 0 aliphatic carbocycles. The summed E-state index contributed by atoms with van der Waals surface area (Å²) in [7, 11) is 3.13. The van der Waals surface area contributed by atoms with Crippen molar-refractivity contribution in [3.63, 3.8) is 0 Å². The minimum Gasteiger partial charge on any atom is -0.496 e. The van der Waals surface area contributed by atoms with Crippen LogP contribution in [0.5, 0.6) is 17.2 Å². The van der Waals surface area contributed by atoms with E-state index < -0.39 is 24.9 Å². The van der Waals surface area contributed by atoms with E-state index in [4.69, 9.17) is 18.9 Å². The highest BCUT2D eigenvalue weighted by atomic mass is 16.5. The van der Waals surface area contributed by atoms with Crippen LogP contribution in [0.2, 0.25) is 0 Å². The van der Waals surface area contributed by atoms with Crippen LogP contribution in [0.1, 0.15) is 36.1 Å². The molecule has 1 aliphatic heterocycles. The summed E-state index contributed by atoms with van der Waals surface area (Å²) in [4.78, 5) is 12.2. The maximum atomic E-state index is 12.2. The molecule has 1 fully saturated rings. The third-order valence-corrected chi connectivity index (χ3v) is 5.20. The highest BCUT2D eigenvalue weighted by Gasteiger charge is 2.38. The number of carbonyl (C=O) groups excluding carboxylic acids is 1. The maximum Gasteiger partial charge on any atom is 0.166 e. The van der Waals surface area contributed by atoms with Gasteiger partial charge in [0.2, 0.25) is 0 Å². The van der Waals surface area contributed by atoms with Gasteiger partial charge in [-0.1, -0.05) is 12.1 Å². The van der Waals surface area contributed by atoms with Crippen molar-refractivity contribution in [3.8, 4) is 17.2 Å². The van der Waals surface area contributed by atoms with Crippen molar-refractivity contribution >= 4 is 5.78 Å². The van der Waals surface area contributed by atoms with Gasteiger partial charge < -0.3 is 29.2 Å². The molecule has 3 rings (SSSR count). The number of benzene rings is 2. The number of aliphatic hydroxyl groups is 2. The van der Waals surface area contributed by atoms with Crippen LogP contribution in [0.4, 0.5) is 0 Å². The fraction of sp³-hybridized carbons (Fsp3) is 0.435. The molecule has 0 bridgehead atoms. The van der Waals surface area contributed by atoms with Gasteiger partial charge in [-0.15, -0.1) is 0 Å². The summed E-state index contributed by atoms with van der Waals surface area (Å²) >= 11 is 0. The Hall–Kier alpha value is -2.61. The van der Waals surface area contributed by atoms with E-state index in [9.17, 15) is 15.0 Å². The van der Waals surface area contributed by atoms with Gasteiger partial charge in [-0.2, -0.15) is 0 Å². The fourth-order valence-electron chi connectivity index (χ4n) is 3.64. The highest BCUT2D eigenvalue weighted by molar-refractivity contribution is 5.85. The average Bonchev–Trinajstić information content (AvgIpc) is 2.76. The van der Waals surface area contributed by atoms with Crippen LogP contribution in [-0.2, 0) is 16.0 Å². The Bertz CT molecular complexity index is 863. The summed E-state index contributed by atoms with van der Waals surface area (Å²) in [5.74, 6) is 1.63. The average molecular weight is 416 g/mol. The van der Waals surface area contributed by atoms with Gasteiger partial charge in [-0.05, 0) is 36.2 Å². The molecule has 7 heteroatoms. The summed E-state index contributed by atoms with van der Waals surface area (Å²) in [6, 6.07) is 11.5. The van der Waals surface area contributed by atoms with Crippen molar-refractivity contribution in [2.45, 2.75) is 38.1 Å².